The van der Waals surface area contributed by atoms with Gasteiger partial charge in [-0.2, -0.15) is 0 Å². The molecule has 0 saturated heterocycles. The van der Waals surface area contributed by atoms with Crippen molar-refractivity contribution in [3.63, 3.8) is 0 Å². The van der Waals surface area contributed by atoms with E-state index in [1.807, 2.05) is 41.4 Å². The van der Waals surface area contributed by atoms with Crippen molar-refractivity contribution >= 4 is 12.0 Å². The summed E-state index contributed by atoms with van der Waals surface area (Å²) >= 11 is 0. The molecule has 0 aromatic heterocycles. The van der Waals surface area contributed by atoms with E-state index in [4.69, 9.17) is 0 Å². The van der Waals surface area contributed by atoms with Gasteiger partial charge in [0.2, 0.25) is 0 Å². The van der Waals surface area contributed by atoms with Crippen molar-refractivity contribution in [3.8, 4) is 0 Å². The third kappa shape index (κ3) is 2.08. The van der Waals surface area contributed by atoms with Gasteiger partial charge in [-0.05, 0) is 18.2 Å². The van der Waals surface area contributed by atoms with Crippen LogP contribution in [0.15, 0.2) is 47.6 Å². The Morgan fingerprint density at radius 1 is 1.23 bits per heavy atom. The fourth-order valence-corrected chi connectivity index (χ4v) is 1.14. The van der Waals surface area contributed by atoms with Crippen LogP contribution in [0.5, 0.6) is 0 Å². The summed E-state index contributed by atoms with van der Waals surface area (Å²) in [6.07, 6.45) is 5.56. The first-order chi connectivity index (χ1) is 6.45. The first-order valence-corrected chi connectivity index (χ1v) is 4.22. The summed E-state index contributed by atoms with van der Waals surface area (Å²) in [5, 5.41) is 1.93. The van der Waals surface area contributed by atoms with Gasteiger partial charge in [-0.1, -0.05) is 18.2 Å². The van der Waals surface area contributed by atoms with Gasteiger partial charge in [0.1, 0.15) is 6.34 Å². The van der Waals surface area contributed by atoms with Crippen LogP contribution in [0.2, 0.25) is 0 Å². The van der Waals surface area contributed by atoms with Gasteiger partial charge < -0.3 is 0 Å². The lowest BCUT2D eigenvalue weighted by molar-refractivity contribution is 0.563. The first-order valence-electron chi connectivity index (χ1n) is 4.22. The Bertz CT molecular complexity index is 316. The highest BCUT2D eigenvalue weighted by Gasteiger charge is 1.98. The Hall–Kier alpha value is -1.77. The number of benzene rings is 1. The van der Waals surface area contributed by atoms with Gasteiger partial charge in [0.25, 0.3) is 0 Å². The standard InChI is InChI=1S/C10H11N3/c1-2-5-10(6-3-1)12-13-8-4-7-11-9-13/h1-7,9,12H,8H2. The third-order valence-corrected chi connectivity index (χ3v) is 1.75. The van der Waals surface area contributed by atoms with Gasteiger partial charge in [-0.25, -0.2) is 4.99 Å². The summed E-state index contributed by atoms with van der Waals surface area (Å²) < 4.78 is 0. The van der Waals surface area contributed by atoms with E-state index in [1.54, 1.807) is 12.5 Å². The molecule has 1 heterocycles. The normalized spacial score (nSPS) is 14.6. The molecule has 1 aliphatic heterocycles. The number of hydrogen-bond acceptors (Lipinski definition) is 3. The minimum Gasteiger partial charge on any atom is -0.297 e. The van der Waals surface area contributed by atoms with Gasteiger partial charge in [-0.3, -0.25) is 10.4 Å². The van der Waals surface area contributed by atoms with Crippen molar-refractivity contribution in [2.24, 2.45) is 4.99 Å². The van der Waals surface area contributed by atoms with Crippen molar-refractivity contribution in [1.82, 2.24) is 5.01 Å². The Kier molecular flexibility index (Phi) is 2.27. The zero-order chi connectivity index (χ0) is 8.93. The molecule has 1 aromatic rings. The van der Waals surface area contributed by atoms with Crippen molar-refractivity contribution in [2.45, 2.75) is 0 Å². The number of nitrogens with one attached hydrogen (secondary N) is 1. The van der Waals surface area contributed by atoms with Crippen molar-refractivity contribution in [2.75, 3.05) is 12.0 Å². The molecule has 0 aliphatic carbocycles. The first kappa shape index (κ1) is 7.86. The van der Waals surface area contributed by atoms with E-state index in [9.17, 15) is 0 Å². The summed E-state index contributed by atoms with van der Waals surface area (Å²) in [5.41, 5.74) is 4.29. The maximum Gasteiger partial charge on any atom is 0.109 e. The van der Waals surface area contributed by atoms with E-state index in [0.717, 1.165) is 12.2 Å². The van der Waals surface area contributed by atoms with Gasteiger partial charge in [-0.15, -0.1) is 0 Å². The summed E-state index contributed by atoms with van der Waals surface area (Å²) in [4.78, 5) is 4.01. The smallest absolute Gasteiger partial charge is 0.109 e. The maximum atomic E-state index is 4.01. The summed E-state index contributed by atoms with van der Waals surface area (Å²) in [6.45, 7) is 0.846. The number of aliphatic imine (C=N–C) groups is 1. The Balaban J connectivity index is 1.99. The minimum absolute atomic E-state index is 0.846. The molecule has 0 fully saturated rings. The van der Waals surface area contributed by atoms with Crippen LogP contribution >= 0.6 is 0 Å². The van der Waals surface area contributed by atoms with Crippen molar-refractivity contribution < 1.29 is 0 Å². The van der Waals surface area contributed by atoms with Gasteiger partial charge in [0, 0.05) is 6.20 Å². The predicted molar refractivity (Wildman–Crippen MR) is 54.4 cm³/mol. The van der Waals surface area contributed by atoms with Crippen molar-refractivity contribution in [1.29, 1.82) is 0 Å². The van der Waals surface area contributed by atoms with Crippen LogP contribution in [-0.2, 0) is 0 Å². The molecule has 66 valence electrons. The van der Waals surface area contributed by atoms with E-state index >= 15 is 0 Å². The zero-order valence-corrected chi connectivity index (χ0v) is 7.22. The molecule has 1 aromatic carbocycles. The van der Waals surface area contributed by atoms with Crippen LogP contribution in [0.3, 0.4) is 0 Å². The summed E-state index contributed by atoms with van der Waals surface area (Å²) in [5.74, 6) is 0. The number of nitrogens with zero attached hydrogens (tertiary/aromatic N) is 2. The molecule has 0 spiro atoms. The average molecular weight is 173 g/mol. The van der Waals surface area contributed by atoms with E-state index in [2.05, 4.69) is 10.4 Å². The predicted octanol–water partition coefficient (Wildman–Crippen LogP) is 1.87. The molecule has 0 atom stereocenters. The Labute approximate surface area is 77.4 Å². The second-order valence-electron chi connectivity index (χ2n) is 2.78. The lowest BCUT2D eigenvalue weighted by atomic mass is 10.3. The fourth-order valence-electron chi connectivity index (χ4n) is 1.14. The van der Waals surface area contributed by atoms with Gasteiger partial charge in [0.15, 0.2) is 0 Å². The number of hydrogen-bond donors (Lipinski definition) is 1. The third-order valence-electron chi connectivity index (χ3n) is 1.75. The average Bonchev–Trinajstić information content (AvgIpc) is 2.21. The monoisotopic (exact) mass is 173 g/mol. The molecule has 3 nitrogen and oxygen atoms in total. The molecule has 0 bridgehead atoms. The molecule has 0 radical (unpaired) electrons. The molecule has 13 heavy (non-hydrogen) atoms. The maximum absolute atomic E-state index is 4.01. The van der Waals surface area contributed by atoms with Gasteiger partial charge >= 0.3 is 0 Å². The molecule has 2 rings (SSSR count). The quantitative estimate of drug-likeness (QED) is 0.739. The highest BCUT2D eigenvalue weighted by Crippen LogP contribution is 2.06. The largest absolute Gasteiger partial charge is 0.297 e. The number of hydrazine groups is 1. The Morgan fingerprint density at radius 2 is 2.08 bits per heavy atom. The van der Waals surface area contributed by atoms with Crippen LogP contribution in [0, 0.1) is 0 Å². The van der Waals surface area contributed by atoms with E-state index in [0.29, 0.717) is 0 Å². The van der Waals surface area contributed by atoms with E-state index in [1.165, 1.54) is 0 Å². The fraction of sp³-hybridized carbons (Fsp3) is 0.100. The summed E-state index contributed by atoms with van der Waals surface area (Å²) in [6, 6.07) is 10.0. The van der Waals surface area contributed by atoms with Crippen molar-refractivity contribution in [3.05, 3.63) is 42.6 Å². The number of rotatable bonds is 2. The van der Waals surface area contributed by atoms with Crippen LogP contribution in [0.25, 0.3) is 0 Å². The van der Waals surface area contributed by atoms with E-state index < -0.39 is 0 Å². The molecule has 0 unspecified atom stereocenters. The second-order valence-corrected chi connectivity index (χ2v) is 2.78. The number of para-hydroxylation sites is 1. The molecule has 0 amide bonds. The van der Waals surface area contributed by atoms with E-state index in [-0.39, 0.29) is 0 Å². The molecular weight excluding hydrogens is 162 g/mol. The molecule has 1 aliphatic rings. The highest BCUT2D eigenvalue weighted by atomic mass is 15.5. The molecular formula is C10H11N3. The second kappa shape index (κ2) is 3.76. The molecule has 0 saturated carbocycles. The topological polar surface area (TPSA) is 27.6 Å². The highest BCUT2D eigenvalue weighted by molar-refractivity contribution is 5.60. The van der Waals surface area contributed by atoms with Crippen LogP contribution in [0.1, 0.15) is 0 Å². The van der Waals surface area contributed by atoms with Crippen LogP contribution in [-0.4, -0.2) is 17.9 Å². The molecule has 1 N–H and O–H groups in total. The lowest BCUT2D eigenvalue weighted by Crippen LogP contribution is -2.29. The lowest BCUT2D eigenvalue weighted by Gasteiger charge is -2.21. The zero-order valence-electron chi connectivity index (χ0n) is 7.22. The number of anilines is 1. The SMILES string of the molecule is C1=CN=CN(Nc2ccccc2)C1. The Morgan fingerprint density at radius 3 is 2.77 bits per heavy atom. The molecule has 3 heteroatoms. The van der Waals surface area contributed by atoms with Crippen LogP contribution < -0.4 is 5.43 Å². The van der Waals surface area contributed by atoms with Gasteiger partial charge in [0.05, 0.1) is 12.2 Å². The van der Waals surface area contributed by atoms with Crippen LogP contribution in [0.4, 0.5) is 5.69 Å². The minimum atomic E-state index is 0.846. The summed E-state index contributed by atoms with van der Waals surface area (Å²) in [7, 11) is 0.